The Morgan fingerprint density at radius 1 is 1.00 bits per heavy atom. The molecule has 7 heteroatoms. The number of halogens is 2. The molecule has 0 aromatic heterocycles. The molecule has 4 rings (SSSR count). The van der Waals surface area contributed by atoms with Crippen LogP contribution >= 0.6 is 0 Å². The van der Waals surface area contributed by atoms with E-state index in [0.29, 0.717) is 6.04 Å². The predicted octanol–water partition coefficient (Wildman–Crippen LogP) is 3.40. The monoisotopic (exact) mass is 378 g/mol. The normalized spacial score (nSPS) is 23.0. The molecule has 0 aliphatic carbocycles. The zero-order valence-corrected chi connectivity index (χ0v) is 15.2. The summed E-state index contributed by atoms with van der Waals surface area (Å²) in [6, 6.07) is 7.97. The van der Waals surface area contributed by atoms with Crippen molar-refractivity contribution in [2.24, 2.45) is 0 Å². The molecule has 0 spiro atoms. The first-order valence-electron chi connectivity index (χ1n) is 8.65. The molecule has 1 N–H and O–H groups in total. The van der Waals surface area contributed by atoms with Crippen molar-refractivity contribution in [3.63, 3.8) is 0 Å². The Morgan fingerprint density at radius 3 is 2.46 bits per heavy atom. The minimum Gasteiger partial charge on any atom is -0.381 e. The molecule has 0 saturated carbocycles. The first-order chi connectivity index (χ1) is 12.4. The maximum absolute atomic E-state index is 13.5. The van der Waals surface area contributed by atoms with Gasteiger partial charge in [0.2, 0.25) is 9.84 Å². The smallest absolute Gasteiger partial charge is 0.206 e. The van der Waals surface area contributed by atoms with Gasteiger partial charge < -0.3 is 10.2 Å². The van der Waals surface area contributed by atoms with Gasteiger partial charge in [-0.2, -0.15) is 0 Å². The Kier molecular flexibility index (Phi) is 4.23. The Hall–Kier alpha value is -1.99. The van der Waals surface area contributed by atoms with Crippen LogP contribution in [0.15, 0.2) is 46.2 Å². The molecule has 0 amide bonds. The van der Waals surface area contributed by atoms with E-state index in [9.17, 15) is 17.2 Å². The Labute approximate surface area is 151 Å². The van der Waals surface area contributed by atoms with Crippen LogP contribution in [0.25, 0.3) is 0 Å². The SMILES string of the molecule is CN1CCC2Nc3ccc(S(=O)(=O)c4ccc(F)c(F)c4)cc3[C@H]2CC1. The Morgan fingerprint density at radius 2 is 1.69 bits per heavy atom. The van der Waals surface area contributed by atoms with Crippen LogP contribution in [0.4, 0.5) is 14.5 Å². The number of sulfone groups is 1. The average Bonchev–Trinajstić information content (AvgIpc) is 2.86. The minimum absolute atomic E-state index is 0.113. The topological polar surface area (TPSA) is 49.4 Å². The van der Waals surface area contributed by atoms with Gasteiger partial charge in [-0.25, -0.2) is 17.2 Å². The Bertz CT molecular complexity index is 962. The second-order valence-electron chi connectivity index (χ2n) is 7.07. The van der Waals surface area contributed by atoms with Crippen LogP contribution in [0, 0.1) is 11.6 Å². The van der Waals surface area contributed by atoms with Gasteiger partial charge >= 0.3 is 0 Å². The lowest BCUT2D eigenvalue weighted by atomic mass is 9.91. The summed E-state index contributed by atoms with van der Waals surface area (Å²) >= 11 is 0. The summed E-state index contributed by atoms with van der Waals surface area (Å²) in [6.45, 7) is 1.96. The van der Waals surface area contributed by atoms with Gasteiger partial charge in [-0.15, -0.1) is 0 Å². The van der Waals surface area contributed by atoms with Crippen molar-refractivity contribution in [1.82, 2.24) is 4.90 Å². The highest BCUT2D eigenvalue weighted by atomic mass is 32.2. The first-order valence-corrected chi connectivity index (χ1v) is 10.1. The fraction of sp³-hybridized carbons (Fsp3) is 0.368. The van der Waals surface area contributed by atoms with Gasteiger partial charge in [0.1, 0.15) is 0 Å². The summed E-state index contributed by atoms with van der Waals surface area (Å²) in [6.07, 6.45) is 1.96. The third-order valence-electron chi connectivity index (χ3n) is 5.40. The van der Waals surface area contributed by atoms with Crippen molar-refractivity contribution >= 4 is 15.5 Å². The molecule has 1 fully saturated rings. The molecule has 2 aromatic carbocycles. The maximum atomic E-state index is 13.5. The van der Waals surface area contributed by atoms with E-state index in [4.69, 9.17) is 0 Å². The molecule has 26 heavy (non-hydrogen) atoms. The van der Waals surface area contributed by atoms with Crippen LogP contribution in [0.3, 0.4) is 0 Å². The van der Waals surface area contributed by atoms with Gasteiger partial charge in [0.25, 0.3) is 0 Å². The van der Waals surface area contributed by atoms with Crippen molar-refractivity contribution in [2.75, 3.05) is 25.5 Å². The number of hydrogen-bond donors (Lipinski definition) is 1. The number of nitrogens with zero attached hydrogens (tertiary/aromatic N) is 1. The number of rotatable bonds is 2. The van der Waals surface area contributed by atoms with E-state index in [-0.39, 0.29) is 15.7 Å². The van der Waals surface area contributed by atoms with Crippen molar-refractivity contribution in [3.8, 4) is 0 Å². The lowest BCUT2D eigenvalue weighted by molar-refractivity contribution is 0.346. The van der Waals surface area contributed by atoms with Crippen LogP contribution < -0.4 is 5.32 Å². The average molecular weight is 378 g/mol. The maximum Gasteiger partial charge on any atom is 0.206 e. The summed E-state index contributed by atoms with van der Waals surface area (Å²) in [5, 5.41) is 3.50. The van der Waals surface area contributed by atoms with E-state index in [1.807, 2.05) is 0 Å². The van der Waals surface area contributed by atoms with Crippen LogP contribution in [0.2, 0.25) is 0 Å². The fourth-order valence-electron chi connectivity index (χ4n) is 3.90. The van der Waals surface area contributed by atoms with E-state index in [2.05, 4.69) is 17.3 Å². The van der Waals surface area contributed by atoms with Crippen molar-refractivity contribution in [2.45, 2.75) is 34.6 Å². The molecule has 0 bridgehead atoms. The summed E-state index contributed by atoms with van der Waals surface area (Å²) in [5.41, 5.74) is 1.96. The summed E-state index contributed by atoms with van der Waals surface area (Å²) in [4.78, 5) is 2.16. The minimum atomic E-state index is -3.90. The number of hydrogen-bond acceptors (Lipinski definition) is 4. The number of anilines is 1. The zero-order chi connectivity index (χ0) is 18.5. The van der Waals surface area contributed by atoms with E-state index in [1.54, 1.807) is 12.1 Å². The zero-order valence-electron chi connectivity index (χ0n) is 14.4. The molecule has 1 saturated heterocycles. The molecule has 2 aliphatic heterocycles. The summed E-state index contributed by atoms with van der Waals surface area (Å²) < 4.78 is 52.4. The van der Waals surface area contributed by atoms with Crippen molar-refractivity contribution in [1.29, 1.82) is 0 Å². The lowest BCUT2D eigenvalue weighted by Crippen LogP contribution is -2.22. The van der Waals surface area contributed by atoms with Gasteiger partial charge in [-0.1, -0.05) is 0 Å². The van der Waals surface area contributed by atoms with Crippen molar-refractivity contribution in [3.05, 3.63) is 53.6 Å². The fourth-order valence-corrected chi connectivity index (χ4v) is 5.21. The van der Waals surface area contributed by atoms with E-state index < -0.39 is 21.5 Å². The second kappa shape index (κ2) is 6.32. The molecule has 1 unspecified atom stereocenters. The summed E-state index contributed by atoms with van der Waals surface area (Å²) in [7, 11) is -1.81. The molecule has 4 nitrogen and oxygen atoms in total. The highest BCUT2D eigenvalue weighted by molar-refractivity contribution is 7.91. The molecule has 138 valence electrons. The highest BCUT2D eigenvalue weighted by Gasteiger charge is 2.35. The van der Waals surface area contributed by atoms with Crippen LogP contribution in [0.1, 0.15) is 24.3 Å². The number of nitrogens with one attached hydrogen (secondary N) is 1. The number of benzene rings is 2. The molecular weight excluding hydrogens is 358 g/mol. The third kappa shape index (κ3) is 2.89. The third-order valence-corrected chi connectivity index (χ3v) is 7.15. The molecule has 2 aromatic rings. The molecule has 2 aliphatic rings. The van der Waals surface area contributed by atoms with Crippen LogP contribution in [0.5, 0.6) is 0 Å². The van der Waals surface area contributed by atoms with Gasteiger partial charge in [0.05, 0.1) is 9.79 Å². The summed E-state index contributed by atoms with van der Waals surface area (Å²) in [5.74, 6) is -1.97. The van der Waals surface area contributed by atoms with Crippen molar-refractivity contribution < 1.29 is 17.2 Å². The lowest BCUT2D eigenvalue weighted by Gasteiger charge is -2.16. The quantitative estimate of drug-likeness (QED) is 0.814. The second-order valence-corrected chi connectivity index (χ2v) is 9.02. The van der Waals surface area contributed by atoms with Crippen LogP contribution in [-0.4, -0.2) is 39.5 Å². The molecular formula is C19H20F2N2O2S. The predicted molar refractivity (Wildman–Crippen MR) is 95.1 cm³/mol. The Balaban J connectivity index is 1.72. The van der Waals surface area contributed by atoms with E-state index in [1.165, 1.54) is 6.07 Å². The van der Waals surface area contributed by atoms with Gasteiger partial charge in [0.15, 0.2) is 11.6 Å². The first kappa shape index (κ1) is 17.4. The standard InChI is InChI=1S/C19H20F2N2O2S/c1-23-8-6-14-15-10-12(3-5-18(15)22-19(14)7-9-23)26(24,25)13-2-4-16(20)17(21)11-13/h2-5,10-11,14,19,22H,6-9H2,1H3/t14-,19?/m1/s1. The molecule has 2 atom stereocenters. The van der Waals surface area contributed by atoms with Gasteiger partial charge in [0, 0.05) is 17.6 Å². The largest absolute Gasteiger partial charge is 0.381 e. The highest BCUT2D eigenvalue weighted by Crippen LogP contribution is 2.42. The number of likely N-dealkylation sites (tertiary alicyclic amines) is 1. The van der Waals surface area contributed by atoms with Gasteiger partial charge in [-0.3, -0.25) is 0 Å². The van der Waals surface area contributed by atoms with Crippen LogP contribution in [-0.2, 0) is 9.84 Å². The molecule has 0 radical (unpaired) electrons. The van der Waals surface area contributed by atoms with Gasteiger partial charge in [-0.05, 0) is 74.9 Å². The number of fused-ring (bicyclic) bond motifs is 3. The van der Waals surface area contributed by atoms with E-state index in [0.717, 1.165) is 55.4 Å². The van der Waals surface area contributed by atoms with E-state index >= 15 is 0 Å². The molecule has 2 heterocycles.